The van der Waals surface area contributed by atoms with Crippen molar-refractivity contribution in [1.82, 2.24) is 9.80 Å². The Morgan fingerprint density at radius 3 is 2.48 bits per heavy atom. The van der Waals surface area contributed by atoms with Gasteiger partial charge >= 0.3 is 0 Å². The predicted octanol–water partition coefficient (Wildman–Crippen LogP) is 3.41. The molecule has 1 atom stereocenters. The van der Waals surface area contributed by atoms with Gasteiger partial charge < -0.3 is 15.4 Å². The summed E-state index contributed by atoms with van der Waals surface area (Å²) in [5.41, 5.74) is 6.25. The van der Waals surface area contributed by atoms with Gasteiger partial charge in [0.1, 0.15) is 5.82 Å². The van der Waals surface area contributed by atoms with E-state index in [1.54, 1.807) is 24.5 Å². The topological polar surface area (TPSA) is 58.8 Å². The van der Waals surface area contributed by atoms with Gasteiger partial charge in [-0.05, 0) is 18.2 Å². The second kappa shape index (κ2) is 12.5. The molecule has 2 N–H and O–H groups in total. The highest BCUT2D eigenvalue weighted by molar-refractivity contribution is 7.15. The third-order valence-corrected chi connectivity index (χ3v) is 6.01. The number of nitrogens with two attached hydrogens (primary N) is 1. The Kier molecular flexibility index (Phi) is 11.1. The lowest BCUT2D eigenvalue weighted by molar-refractivity contribution is -0.135. The highest BCUT2D eigenvalue weighted by atomic mass is 35.5. The number of hydrogen-bond donors (Lipinski definition) is 1. The number of piperazine rings is 1. The molecule has 1 aromatic carbocycles. The smallest absolute Gasteiger partial charge is 0.225 e. The van der Waals surface area contributed by atoms with Gasteiger partial charge in [0.2, 0.25) is 5.91 Å². The molecule has 9 heteroatoms. The number of carbonyl (C=O) groups is 1. The fourth-order valence-corrected chi connectivity index (χ4v) is 4.31. The molecule has 5 nitrogen and oxygen atoms in total. The summed E-state index contributed by atoms with van der Waals surface area (Å²) < 4.78 is 19.1. The van der Waals surface area contributed by atoms with Crippen LogP contribution in [-0.2, 0) is 16.1 Å². The molecule has 1 amide bonds. The third kappa shape index (κ3) is 6.91. The van der Waals surface area contributed by atoms with Gasteiger partial charge in [-0.25, -0.2) is 4.39 Å². The number of nitrogens with zero attached hydrogens (tertiary/aromatic N) is 2. The van der Waals surface area contributed by atoms with E-state index in [-0.39, 0.29) is 42.6 Å². The van der Waals surface area contributed by atoms with Crippen LogP contribution in [0.2, 0.25) is 0 Å². The van der Waals surface area contributed by atoms with Crippen LogP contribution in [0.25, 0.3) is 10.4 Å². The third-order valence-electron chi connectivity index (χ3n) is 4.90. The molecule has 0 spiro atoms. The van der Waals surface area contributed by atoms with E-state index in [1.807, 2.05) is 23.1 Å². The number of methoxy groups -OCH3 is 1. The van der Waals surface area contributed by atoms with Crippen molar-refractivity contribution < 1.29 is 13.9 Å². The highest BCUT2D eigenvalue weighted by Crippen LogP contribution is 2.30. The standard InChI is InChI=1S/C20H26FN3O2S.2ClH/c1-26-15(13-22)12-20(25)24-10-8-23(9-11-24)14-16-6-7-19(27-16)17-4-2-3-5-18(17)21;;/h2-7,15H,8-14,22H2,1H3;2*1H. The van der Waals surface area contributed by atoms with Crippen LogP contribution in [-0.4, -0.2) is 61.6 Å². The van der Waals surface area contributed by atoms with Crippen LogP contribution in [0.15, 0.2) is 36.4 Å². The minimum absolute atomic E-state index is 0. The number of ether oxygens (including phenoxy) is 1. The first-order valence-corrected chi connectivity index (χ1v) is 9.99. The fourth-order valence-electron chi connectivity index (χ4n) is 3.23. The maximum absolute atomic E-state index is 13.9. The molecule has 1 fully saturated rings. The Morgan fingerprint density at radius 2 is 1.86 bits per heavy atom. The Hall–Kier alpha value is -1.22. The fraction of sp³-hybridized carbons (Fsp3) is 0.450. The van der Waals surface area contributed by atoms with Crippen molar-refractivity contribution in [2.45, 2.75) is 19.1 Å². The van der Waals surface area contributed by atoms with Gasteiger partial charge in [0.05, 0.1) is 12.5 Å². The average Bonchev–Trinajstić information content (AvgIpc) is 3.15. The molecule has 29 heavy (non-hydrogen) atoms. The van der Waals surface area contributed by atoms with E-state index in [1.165, 1.54) is 10.9 Å². The quantitative estimate of drug-likeness (QED) is 0.683. The van der Waals surface area contributed by atoms with Crippen molar-refractivity contribution in [2.24, 2.45) is 5.73 Å². The molecule has 0 saturated carbocycles. The molecule has 0 radical (unpaired) electrons. The summed E-state index contributed by atoms with van der Waals surface area (Å²) in [5, 5.41) is 0. The molecule has 1 aromatic heterocycles. The largest absolute Gasteiger partial charge is 0.380 e. The summed E-state index contributed by atoms with van der Waals surface area (Å²) in [6, 6.07) is 10.9. The molecule has 1 unspecified atom stereocenters. The predicted molar refractivity (Wildman–Crippen MR) is 121 cm³/mol. The first kappa shape index (κ1) is 25.8. The van der Waals surface area contributed by atoms with Crippen molar-refractivity contribution in [3.05, 3.63) is 47.1 Å². The van der Waals surface area contributed by atoms with Crippen LogP contribution >= 0.6 is 36.2 Å². The molecule has 162 valence electrons. The molecule has 0 aliphatic carbocycles. The molecule has 2 aromatic rings. The lowest BCUT2D eigenvalue weighted by Crippen LogP contribution is -2.49. The Morgan fingerprint density at radius 1 is 1.17 bits per heavy atom. The van der Waals surface area contributed by atoms with Crippen LogP contribution in [0.4, 0.5) is 4.39 Å². The maximum atomic E-state index is 13.9. The zero-order valence-corrected chi connectivity index (χ0v) is 18.8. The lowest BCUT2D eigenvalue weighted by atomic mass is 10.2. The average molecular weight is 464 g/mol. The summed E-state index contributed by atoms with van der Waals surface area (Å²) in [6.07, 6.45) is 0.127. The Balaban J connectivity index is 0.00000210. The Bertz CT molecular complexity index is 766. The van der Waals surface area contributed by atoms with Crippen molar-refractivity contribution in [3.63, 3.8) is 0 Å². The molecular formula is C20H28Cl2FN3O2S. The van der Waals surface area contributed by atoms with Gasteiger partial charge in [0, 0.05) is 61.7 Å². The number of thiophene rings is 1. The van der Waals surface area contributed by atoms with E-state index in [0.29, 0.717) is 31.6 Å². The van der Waals surface area contributed by atoms with Gasteiger partial charge in [-0.3, -0.25) is 9.69 Å². The molecular weight excluding hydrogens is 436 g/mol. The molecule has 0 bridgehead atoms. The highest BCUT2D eigenvalue weighted by Gasteiger charge is 2.23. The van der Waals surface area contributed by atoms with Crippen LogP contribution in [0, 0.1) is 5.82 Å². The molecule has 2 heterocycles. The number of halogens is 3. The van der Waals surface area contributed by atoms with E-state index in [9.17, 15) is 9.18 Å². The van der Waals surface area contributed by atoms with Crippen LogP contribution in [0.1, 0.15) is 11.3 Å². The Labute approximate surface area is 187 Å². The summed E-state index contributed by atoms with van der Waals surface area (Å²) >= 11 is 1.62. The number of carbonyl (C=O) groups excluding carboxylic acids is 1. The van der Waals surface area contributed by atoms with Crippen LogP contribution in [0.5, 0.6) is 0 Å². The van der Waals surface area contributed by atoms with E-state index in [4.69, 9.17) is 10.5 Å². The van der Waals surface area contributed by atoms with Gasteiger partial charge in [-0.2, -0.15) is 0 Å². The molecule has 3 rings (SSSR count). The number of amides is 1. The SMILES string of the molecule is COC(CN)CC(=O)N1CCN(Cc2ccc(-c3ccccc3F)s2)CC1.Cl.Cl. The zero-order valence-electron chi connectivity index (χ0n) is 16.4. The number of benzene rings is 1. The van der Waals surface area contributed by atoms with Crippen molar-refractivity contribution in [2.75, 3.05) is 39.8 Å². The van der Waals surface area contributed by atoms with E-state index >= 15 is 0 Å². The van der Waals surface area contributed by atoms with Gasteiger partial charge in [0.15, 0.2) is 0 Å². The van der Waals surface area contributed by atoms with Crippen molar-refractivity contribution >= 4 is 42.1 Å². The minimum Gasteiger partial charge on any atom is -0.380 e. The van der Waals surface area contributed by atoms with Crippen molar-refractivity contribution in [1.29, 1.82) is 0 Å². The summed E-state index contributed by atoms with van der Waals surface area (Å²) in [7, 11) is 1.58. The van der Waals surface area contributed by atoms with Crippen LogP contribution < -0.4 is 5.73 Å². The number of rotatable bonds is 7. The van der Waals surface area contributed by atoms with Gasteiger partial charge in [-0.1, -0.05) is 18.2 Å². The van der Waals surface area contributed by atoms with Gasteiger partial charge in [0.25, 0.3) is 0 Å². The molecule has 1 aliphatic heterocycles. The maximum Gasteiger partial charge on any atom is 0.225 e. The molecule has 1 saturated heterocycles. The number of hydrogen-bond acceptors (Lipinski definition) is 5. The van der Waals surface area contributed by atoms with E-state index in [0.717, 1.165) is 24.5 Å². The minimum atomic E-state index is -0.210. The van der Waals surface area contributed by atoms with E-state index < -0.39 is 0 Å². The van der Waals surface area contributed by atoms with Gasteiger partial charge in [-0.15, -0.1) is 36.2 Å². The second-order valence-electron chi connectivity index (χ2n) is 6.70. The monoisotopic (exact) mass is 463 g/mol. The first-order chi connectivity index (χ1) is 13.1. The summed E-state index contributed by atoms with van der Waals surface area (Å²) in [4.78, 5) is 18.7. The lowest BCUT2D eigenvalue weighted by Gasteiger charge is -2.35. The first-order valence-electron chi connectivity index (χ1n) is 9.17. The summed E-state index contributed by atoms with van der Waals surface area (Å²) in [6.45, 7) is 4.27. The summed E-state index contributed by atoms with van der Waals surface area (Å²) in [5.74, 6) is -0.0882. The van der Waals surface area contributed by atoms with Crippen LogP contribution in [0.3, 0.4) is 0 Å². The second-order valence-corrected chi connectivity index (χ2v) is 7.87. The normalized spacial score (nSPS) is 15.3. The van der Waals surface area contributed by atoms with Crippen molar-refractivity contribution in [3.8, 4) is 10.4 Å². The zero-order chi connectivity index (χ0) is 19.2. The molecule has 1 aliphatic rings. The van der Waals surface area contributed by atoms with E-state index in [2.05, 4.69) is 11.0 Å².